The summed E-state index contributed by atoms with van der Waals surface area (Å²) in [6, 6.07) is 12.9. The van der Waals surface area contributed by atoms with E-state index in [1.54, 1.807) is 6.07 Å². The molecule has 0 radical (unpaired) electrons. The normalized spacial score (nSPS) is 10.2. The minimum atomic E-state index is -0.468. The van der Waals surface area contributed by atoms with Crippen LogP contribution in [0.5, 0.6) is 0 Å². The van der Waals surface area contributed by atoms with Gasteiger partial charge in [-0.3, -0.25) is 4.79 Å². The molecule has 5 N–H and O–H groups in total. The fraction of sp³-hybridized carbons (Fsp3) is 0.0714. The number of carbonyl (C=O) groups is 1. The van der Waals surface area contributed by atoms with Crippen molar-refractivity contribution >= 4 is 33.2 Å². The summed E-state index contributed by atoms with van der Waals surface area (Å²) in [7, 11) is 0. The van der Waals surface area contributed by atoms with Crippen molar-refractivity contribution in [3.05, 3.63) is 58.1 Å². The highest BCUT2D eigenvalue weighted by Crippen LogP contribution is 2.22. The highest BCUT2D eigenvalue weighted by molar-refractivity contribution is 9.10. The van der Waals surface area contributed by atoms with Crippen molar-refractivity contribution in [2.24, 2.45) is 5.73 Å². The third kappa shape index (κ3) is 3.26. The first-order valence-electron chi connectivity index (χ1n) is 5.74. The Balaban J connectivity index is 2.20. The van der Waals surface area contributed by atoms with Crippen LogP contribution in [0.15, 0.2) is 46.9 Å². The lowest BCUT2D eigenvalue weighted by Crippen LogP contribution is -2.14. The molecule has 2 aromatic carbocycles. The van der Waals surface area contributed by atoms with Crippen LogP contribution in [-0.2, 0) is 6.54 Å². The fourth-order valence-electron chi connectivity index (χ4n) is 1.76. The van der Waals surface area contributed by atoms with Crippen molar-refractivity contribution in [2.75, 3.05) is 11.1 Å². The van der Waals surface area contributed by atoms with E-state index in [9.17, 15) is 4.79 Å². The third-order valence-electron chi connectivity index (χ3n) is 2.77. The molecule has 98 valence electrons. The first-order valence-corrected chi connectivity index (χ1v) is 6.54. The number of primary amides is 1. The Labute approximate surface area is 119 Å². The molecule has 0 heterocycles. The smallest absolute Gasteiger partial charge is 0.250 e. The van der Waals surface area contributed by atoms with Gasteiger partial charge in [0.15, 0.2) is 0 Å². The number of rotatable bonds is 4. The number of halogens is 1. The predicted octanol–water partition coefficient (Wildman–Crippen LogP) is 2.74. The van der Waals surface area contributed by atoms with Crippen LogP contribution >= 0.6 is 15.9 Å². The molecule has 2 aromatic rings. The molecule has 0 aliphatic rings. The van der Waals surface area contributed by atoms with Gasteiger partial charge in [0, 0.05) is 22.4 Å². The van der Waals surface area contributed by atoms with Crippen molar-refractivity contribution in [3.63, 3.8) is 0 Å². The summed E-state index contributed by atoms with van der Waals surface area (Å²) in [6.07, 6.45) is 0. The summed E-state index contributed by atoms with van der Waals surface area (Å²) in [5.41, 5.74) is 14.1. The molecule has 0 bridgehead atoms. The maximum absolute atomic E-state index is 11.4. The zero-order chi connectivity index (χ0) is 13.8. The lowest BCUT2D eigenvalue weighted by Gasteiger charge is -2.12. The van der Waals surface area contributed by atoms with E-state index >= 15 is 0 Å². The molecule has 2 rings (SSSR count). The van der Waals surface area contributed by atoms with Crippen LogP contribution in [0.1, 0.15) is 15.9 Å². The summed E-state index contributed by atoms with van der Waals surface area (Å²) >= 11 is 3.32. The number of nitrogens with one attached hydrogen (secondary N) is 1. The Hall–Kier alpha value is -2.01. The number of hydrogen-bond acceptors (Lipinski definition) is 3. The van der Waals surface area contributed by atoms with Gasteiger partial charge in [-0.1, -0.05) is 34.1 Å². The van der Waals surface area contributed by atoms with Gasteiger partial charge < -0.3 is 16.8 Å². The summed E-state index contributed by atoms with van der Waals surface area (Å²) in [5, 5.41) is 3.18. The zero-order valence-electron chi connectivity index (χ0n) is 10.2. The Morgan fingerprint density at radius 3 is 2.63 bits per heavy atom. The molecule has 0 saturated carbocycles. The topological polar surface area (TPSA) is 81.1 Å². The van der Waals surface area contributed by atoms with Crippen LogP contribution < -0.4 is 16.8 Å². The Kier molecular flexibility index (Phi) is 4.06. The second-order valence-electron chi connectivity index (χ2n) is 4.11. The minimum Gasteiger partial charge on any atom is -0.398 e. The summed E-state index contributed by atoms with van der Waals surface area (Å²) in [4.78, 5) is 11.4. The van der Waals surface area contributed by atoms with E-state index in [4.69, 9.17) is 11.5 Å². The molecule has 0 aliphatic carbocycles. The second kappa shape index (κ2) is 5.75. The van der Waals surface area contributed by atoms with Gasteiger partial charge in [0.2, 0.25) is 0 Å². The van der Waals surface area contributed by atoms with Crippen molar-refractivity contribution in [1.29, 1.82) is 0 Å². The largest absolute Gasteiger partial charge is 0.398 e. The van der Waals surface area contributed by atoms with Crippen LogP contribution in [0.2, 0.25) is 0 Å². The molecule has 0 atom stereocenters. The summed E-state index contributed by atoms with van der Waals surface area (Å²) < 4.78 is 0.811. The molecular formula is C14H14BrN3O. The van der Waals surface area contributed by atoms with E-state index in [0.29, 0.717) is 23.5 Å². The van der Waals surface area contributed by atoms with E-state index < -0.39 is 5.91 Å². The predicted molar refractivity (Wildman–Crippen MR) is 80.8 cm³/mol. The van der Waals surface area contributed by atoms with E-state index in [1.165, 1.54) is 0 Å². The van der Waals surface area contributed by atoms with Crippen LogP contribution in [0, 0.1) is 0 Å². The molecule has 0 fully saturated rings. The monoisotopic (exact) mass is 319 g/mol. The van der Waals surface area contributed by atoms with E-state index in [0.717, 1.165) is 10.0 Å². The van der Waals surface area contributed by atoms with Gasteiger partial charge in [0.25, 0.3) is 5.91 Å². The second-order valence-corrected chi connectivity index (χ2v) is 5.02. The van der Waals surface area contributed by atoms with Gasteiger partial charge in [-0.05, 0) is 29.8 Å². The number of amides is 1. The lowest BCUT2D eigenvalue weighted by atomic mass is 10.1. The van der Waals surface area contributed by atoms with Crippen molar-refractivity contribution in [1.82, 2.24) is 0 Å². The molecule has 0 aromatic heterocycles. The Bertz CT molecular complexity index is 613. The van der Waals surface area contributed by atoms with Crippen LogP contribution in [0.3, 0.4) is 0 Å². The maximum atomic E-state index is 11.4. The average molecular weight is 320 g/mol. The van der Waals surface area contributed by atoms with E-state index in [-0.39, 0.29) is 0 Å². The molecule has 1 amide bonds. The zero-order valence-corrected chi connectivity index (χ0v) is 11.8. The molecule has 19 heavy (non-hydrogen) atoms. The standard InChI is InChI=1S/C14H14BrN3O/c15-10-5-6-13(11(7-10)14(17)19)18-8-9-3-1-2-4-12(9)16/h1-7,18H,8,16H2,(H2,17,19). The van der Waals surface area contributed by atoms with Gasteiger partial charge in [-0.2, -0.15) is 0 Å². The van der Waals surface area contributed by atoms with Crippen LogP contribution in [-0.4, -0.2) is 5.91 Å². The number of anilines is 2. The summed E-state index contributed by atoms with van der Waals surface area (Å²) in [5.74, 6) is -0.468. The molecule has 0 unspecified atom stereocenters. The number of nitrogens with two attached hydrogens (primary N) is 2. The number of nitrogen functional groups attached to an aromatic ring is 1. The number of para-hydroxylation sites is 1. The van der Waals surface area contributed by atoms with Gasteiger partial charge in [0.05, 0.1) is 5.56 Å². The van der Waals surface area contributed by atoms with Crippen LogP contribution in [0.4, 0.5) is 11.4 Å². The number of benzene rings is 2. The van der Waals surface area contributed by atoms with E-state index in [2.05, 4.69) is 21.2 Å². The molecule has 0 spiro atoms. The van der Waals surface area contributed by atoms with Crippen molar-refractivity contribution in [2.45, 2.75) is 6.54 Å². The molecule has 0 aliphatic heterocycles. The summed E-state index contributed by atoms with van der Waals surface area (Å²) in [6.45, 7) is 0.536. The number of carbonyl (C=O) groups excluding carboxylic acids is 1. The first-order chi connectivity index (χ1) is 9.08. The van der Waals surface area contributed by atoms with Gasteiger partial charge in [-0.15, -0.1) is 0 Å². The fourth-order valence-corrected chi connectivity index (χ4v) is 2.12. The SMILES string of the molecule is NC(=O)c1cc(Br)ccc1NCc1ccccc1N. The molecule has 5 heteroatoms. The van der Waals surface area contributed by atoms with Crippen molar-refractivity contribution < 1.29 is 4.79 Å². The van der Waals surface area contributed by atoms with Gasteiger partial charge in [0.1, 0.15) is 0 Å². The molecular weight excluding hydrogens is 306 g/mol. The highest BCUT2D eigenvalue weighted by atomic mass is 79.9. The molecule has 4 nitrogen and oxygen atoms in total. The van der Waals surface area contributed by atoms with Gasteiger partial charge in [-0.25, -0.2) is 0 Å². The number of hydrogen-bond donors (Lipinski definition) is 3. The maximum Gasteiger partial charge on any atom is 0.250 e. The average Bonchev–Trinajstić information content (AvgIpc) is 2.38. The minimum absolute atomic E-state index is 0.448. The van der Waals surface area contributed by atoms with Gasteiger partial charge >= 0.3 is 0 Å². The first kappa shape index (κ1) is 13.4. The highest BCUT2D eigenvalue weighted by Gasteiger charge is 2.08. The third-order valence-corrected chi connectivity index (χ3v) is 3.26. The quantitative estimate of drug-likeness (QED) is 0.758. The Morgan fingerprint density at radius 2 is 1.95 bits per heavy atom. The Morgan fingerprint density at radius 1 is 1.21 bits per heavy atom. The lowest BCUT2D eigenvalue weighted by molar-refractivity contribution is 0.100. The molecule has 0 saturated heterocycles. The van der Waals surface area contributed by atoms with E-state index in [1.807, 2.05) is 36.4 Å². The van der Waals surface area contributed by atoms with Crippen molar-refractivity contribution in [3.8, 4) is 0 Å². The van der Waals surface area contributed by atoms with Crippen LogP contribution in [0.25, 0.3) is 0 Å².